The molecule has 0 saturated carbocycles. The average Bonchev–Trinajstić information content (AvgIpc) is 2.19. The third-order valence-electron chi connectivity index (χ3n) is 1.81. The van der Waals surface area contributed by atoms with E-state index < -0.39 is 0 Å². The van der Waals surface area contributed by atoms with Crippen molar-refractivity contribution in [3.63, 3.8) is 0 Å². The summed E-state index contributed by atoms with van der Waals surface area (Å²) in [4.78, 5) is 1.28. The molecule has 0 nitrogen and oxygen atoms in total. The number of rotatable bonds is 4. The summed E-state index contributed by atoms with van der Waals surface area (Å²) in [5, 5.41) is 0. The van der Waals surface area contributed by atoms with Crippen molar-refractivity contribution in [2.45, 2.75) is 18.2 Å². The molecule has 0 aliphatic rings. The average molecular weight is 247 g/mol. The van der Waals surface area contributed by atoms with E-state index in [1.54, 1.807) is 0 Å². The molecule has 0 aliphatic heterocycles. The zero-order valence-electron chi connectivity index (χ0n) is 7.97. The van der Waals surface area contributed by atoms with Crippen molar-refractivity contribution in [2.75, 3.05) is 5.75 Å². The number of hydrogen-bond acceptors (Lipinski definition) is 1. The molecule has 0 unspecified atom stereocenters. The lowest BCUT2D eigenvalue weighted by Gasteiger charge is -2.01. The zero-order chi connectivity index (χ0) is 10.4. The molecule has 14 heavy (non-hydrogen) atoms. The molecule has 0 amide bonds. The second-order valence-corrected chi connectivity index (χ2v) is 5.07. The largest absolute Gasteiger partial charge is 0.126 e. The van der Waals surface area contributed by atoms with Crippen molar-refractivity contribution < 1.29 is 0 Å². The van der Waals surface area contributed by atoms with E-state index in [4.69, 9.17) is 23.2 Å². The number of benzene rings is 1. The lowest BCUT2D eigenvalue weighted by molar-refractivity contribution is 1.11. The molecule has 0 aliphatic carbocycles. The van der Waals surface area contributed by atoms with E-state index in [0.717, 1.165) is 17.7 Å². The third kappa shape index (κ3) is 4.41. The SMILES string of the molecule is CC(CCSc1ccccc1)=C(Cl)Cl. The van der Waals surface area contributed by atoms with Crippen molar-refractivity contribution in [1.29, 1.82) is 0 Å². The molecule has 0 heterocycles. The second kappa shape index (κ2) is 6.39. The highest BCUT2D eigenvalue weighted by Crippen LogP contribution is 2.22. The summed E-state index contributed by atoms with van der Waals surface area (Å²) in [6.45, 7) is 1.96. The fourth-order valence-electron chi connectivity index (χ4n) is 0.933. The highest BCUT2D eigenvalue weighted by atomic mass is 35.5. The van der Waals surface area contributed by atoms with E-state index in [0.29, 0.717) is 4.49 Å². The van der Waals surface area contributed by atoms with Gasteiger partial charge in [0.1, 0.15) is 4.49 Å². The van der Waals surface area contributed by atoms with Gasteiger partial charge in [-0.1, -0.05) is 41.4 Å². The Morgan fingerprint density at radius 1 is 1.21 bits per heavy atom. The lowest BCUT2D eigenvalue weighted by atomic mass is 10.3. The first kappa shape index (κ1) is 12.0. The van der Waals surface area contributed by atoms with Gasteiger partial charge < -0.3 is 0 Å². The van der Waals surface area contributed by atoms with Crippen LogP contribution in [0.3, 0.4) is 0 Å². The van der Waals surface area contributed by atoms with Gasteiger partial charge in [0.2, 0.25) is 0 Å². The Bertz CT molecular complexity index is 302. The van der Waals surface area contributed by atoms with Crippen molar-refractivity contribution in [3.8, 4) is 0 Å². The fourth-order valence-corrected chi connectivity index (χ4v) is 2.12. The van der Waals surface area contributed by atoms with Crippen molar-refractivity contribution in [3.05, 3.63) is 40.4 Å². The molecular formula is C11H12Cl2S. The fraction of sp³-hybridized carbons (Fsp3) is 0.273. The van der Waals surface area contributed by atoms with Crippen LogP contribution in [-0.4, -0.2) is 5.75 Å². The summed E-state index contributed by atoms with van der Waals surface area (Å²) in [5.41, 5.74) is 1.05. The molecule has 0 atom stereocenters. The molecule has 1 rings (SSSR count). The molecule has 0 spiro atoms. The predicted molar refractivity (Wildman–Crippen MR) is 66.2 cm³/mol. The van der Waals surface area contributed by atoms with E-state index in [-0.39, 0.29) is 0 Å². The van der Waals surface area contributed by atoms with E-state index in [2.05, 4.69) is 12.1 Å². The molecule has 0 aromatic heterocycles. The van der Waals surface area contributed by atoms with Gasteiger partial charge in [0, 0.05) is 10.6 Å². The Labute approximate surface area is 99.3 Å². The van der Waals surface area contributed by atoms with Crippen molar-refractivity contribution >= 4 is 35.0 Å². The van der Waals surface area contributed by atoms with Crippen LogP contribution in [0.1, 0.15) is 13.3 Å². The van der Waals surface area contributed by atoms with Crippen LogP contribution in [-0.2, 0) is 0 Å². The summed E-state index contributed by atoms with van der Waals surface area (Å²) in [7, 11) is 0. The minimum Gasteiger partial charge on any atom is -0.126 e. The highest BCUT2D eigenvalue weighted by Gasteiger charge is 1.97. The first-order valence-electron chi connectivity index (χ1n) is 4.39. The Morgan fingerprint density at radius 2 is 1.86 bits per heavy atom. The highest BCUT2D eigenvalue weighted by molar-refractivity contribution is 7.99. The minimum absolute atomic E-state index is 0.402. The van der Waals surface area contributed by atoms with Crippen LogP contribution in [0.25, 0.3) is 0 Å². The molecule has 0 radical (unpaired) electrons. The summed E-state index contributed by atoms with van der Waals surface area (Å²) in [6.07, 6.45) is 0.932. The number of thioether (sulfide) groups is 1. The Hall–Kier alpha value is -0.110. The minimum atomic E-state index is 0.402. The third-order valence-corrected chi connectivity index (χ3v) is 3.47. The van der Waals surface area contributed by atoms with Crippen LogP contribution in [0.2, 0.25) is 0 Å². The molecule has 0 fully saturated rings. The van der Waals surface area contributed by atoms with Gasteiger partial charge >= 0.3 is 0 Å². The molecule has 1 aromatic rings. The standard InChI is InChI=1S/C11H12Cl2S/c1-9(11(12)13)7-8-14-10-5-3-2-4-6-10/h2-6H,7-8H2,1H3. The van der Waals surface area contributed by atoms with E-state index in [1.807, 2.05) is 36.9 Å². The van der Waals surface area contributed by atoms with Gasteiger partial charge in [-0.25, -0.2) is 0 Å². The van der Waals surface area contributed by atoms with Gasteiger partial charge in [0.05, 0.1) is 0 Å². The maximum absolute atomic E-state index is 5.65. The maximum atomic E-state index is 5.65. The summed E-state index contributed by atoms with van der Waals surface area (Å²) >= 11 is 13.1. The summed E-state index contributed by atoms with van der Waals surface area (Å²) in [5.74, 6) is 1.01. The predicted octanol–water partition coefficient (Wildman–Crippen LogP) is 4.88. The number of allylic oxidation sites excluding steroid dienone is 1. The monoisotopic (exact) mass is 246 g/mol. The molecule has 0 saturated heterocycles. The molecule has 0 N–H and O–H groups in total. The summed E-state index contributed by atoms with van der Waals surface area (Å²) < 4.78 is 0.402. The van der Waals surface area contributed by atoms with Crippen molar-refractivity contribution in [1.82, 2.24) is 0 Å². The van der Waals surface area contributed by atoms with Gasteiger partial charge in [-0.2, -0.15) is 0 Å². The van der Waals surface area contributed by atoms with Crippen LogP contribution in [0, 0.1) is 0 Å². The second-order valence-electron chi connectivity index (χ2n) is 2.95. The number of hydrogen-bond donors (Lipinski definition) is 0. The smallest absolute Gasteiger partial charge is 0.105 e. The Morgan fingerprint density at radius 3 is 2.43 bits per heavy atom. The van der Waals surface area contributed by atoms with Crippen molar-refractivity contribution in [2.24, 2.45) is 0 Å². The van der Waals surface area contributed by atoms with Crippen LogP contribution in [0.15, 0.2) is 45.3 Å². The van der Waals surface area contributed by atoms with E-state index in [9.17, 15) is 0 Å². The first-order valence-corrected chi connectivity index (χ1v) is 6.13. The topological polar surface area (TPSA) is 0 Å². The maximum Gasteiger partial charge on any atom is 0.105 e. The van der Waals surface area contributed by atoms with Crippen LogP contribution >= 0.6 is 35.0 Å². The van der Waals surface area contributed by atoms with E-state index in [1.165, 1.54) is 4.90 Å². The van der Waals surface area contributed by atoms with Crippen LogP contribution in [0.5, 0.6) is 0 Å². The van der Waals surface area contributed by atoms with Gasteiger partial charge in [0.25, 0.3) is 0 Å². The first-order chi connectivity index (χ1) is 6.70. The van der Waals surface area contributed by atoms with Crippen LogP contribution < -0.4 is 0 Å². The Balaban J connectivity index is 2.33. The van der Waals surface area contributed by atoms with Crippen LogP contribution in [0.4, 0.5) is 0 Å². The molecule has 1 aromatic carbocycles. The molecular weight excluding hydrogens is 235 g/mol. The van der Waals surface area contributed by atoms with Gasteiger partial charge in [0.15, 0.2) is 0 Å². The van der Waals surface area contributed by atoms with E-state index >= 15 is 0 Å². The molecule has 76 valence electrons. The normalized spacial score (nSPS) is 9.93. The molecule has 3 heteroatoms. The lowest BCUT2D eigenvalue weighted by Crippen LogP contribution is -1.82. The number of halogens is 2. The quantitative estimate of drug-likeness (QED) is 0.683. The zero-order valence-corrected chi connectivity index (χ0v) is 10.3. The summed E-state index contributed by atoms with van der Waals surface area (Å²) in [6, 6.07) is 10.3. The van der Waals surface area contributed by atoms with Gasteiger partial charge in [-0.3, -0.25) is 0 Å². The van der Waals surface area contributed by atoms with Gasteiger partial charge in [-0.05, 0) is 31.1 Å². The van der Waals surface area contributed by atoms with Gasteiger partial charge in [-0.15, -0.1) is 11.8 Å². The molecule has 0 bridgehead atoms. The Kier molecular flexibility index (Phi) is 5.46.